The van der Waals surface area contributed by atoms with Crippen LogP contribution in [0.25, 0.3) is 0 Å². The van der Waals surface area contributed by atoms with E-state index in [-0.39, 0.29) is 43.7 Å². The molecule has 0 saturated carbocycles. The second-order valence-corrected chi connectivity index (χ2v) is 21.0. The number of carbonyl (C=O) groups excluding carboxylic acids is 7. The predicted molar refractivity (Wildman–Crippen MR) is 272 cm³/mol. The van der Waals surface area contributed by atoms with Gasteiger partial charge in [0.15, 0.2) is 0 Å². The number of aliphatic hydroxyl groups excluding tert-OH is 7. The first-order valence-electron chi connectivity index (χ1n) is 26.0. The van der Waals surface area contributed by atoms with Crippen molar-refractivity contribution in [2.45, 2.75) is 202 Å². The minimum atomic E-state index is -2.27. The molecule has 0 radical (unpaired) electrons. The number of carbonyl (C=O) groups is 7. The van der Waals surface area contributed by atoms with Crippen LogP contribution in [0.1, 0.15) is 129 Å². The lowest BCUT2D eigenvalue weighted by Crippen LogP contribution is -2.64. The lowest BCUT2D eigenvalue weighted by molar-refractivity contribution is -0.148. The summed E-state index contributed by atoms with van der Waals surface area (Å²) >= 11 is 4.36. The van der Waals surface area contributed by atoms with E-state index < -0.39 is 145 Å². The maximum absolute atomic E-state index is 14.4. The van der Waals surface area contributed by atoms with Crippen molar-refractivity contribution in [3.63, 3.8) is 0 Å². The number of aliphatic hydroxyl groups is 7. The molecule has 0 aliphatic carbocycles. The summed E-state index contributed by atoms with van der Waals surface area (Å²) in [4.78, 5) is 101. The fourth-order valence-electron chi connectivity index (χ4n) is 9.81. The average molecular weight is 1070 g/mol. The number of hydrogen-bond donors (Lipinski definition) is 15. The normalized spacial score (nSPS) is 29.3. The third-order valence-corrected chi connectivity index (χ3v) is 14.8. The molecule has 3 aliphatic rings. The van der Waals surface area contributed by atoms with Crippen LogP contribution in [0.2, 0.25) is 0 Å². The number of fused-ring (bicyclic) bond motifs is 2. The molecule has 2 unspecified atom stereocenters. The molecule has 0 aromatic heterocycles. The Morgan fingerprint density at radius 3 is 1.99 bits per heavy atom. The van der Waals surface area contributed by atoms with E-state index in [0.29, 0.717) is 18.3 Å². The van der Waals surface area contributed by atoms with Gasteiger partial charge in [0.2, 0.25) is 41.4 Å². The molecule has 418 valence electrons. The van der Waals surface area contributed by atoms with Crippen molar-refractivity contribution in [2.24, 2.45) is 17.6 Å². The zero-order valence-electron chi connectivity index (χ0n) is 42.9. The molecule has 3 heterocycles. The molecule has 0 bridgehead atoms. The van der Waals surface area contributed by atoms with Gasteiger partial charge in [0.1, 0.15) is 54.2 Å². The predicted octanol–water partition coefficient (Wildman–Crippen LogP) is -1.93. The van der Waals surface area contributed by atoms with Gasteiger partial charge in [-0.1, -0.05) is 77.8 Å². The molecule has 3 aliphatic heterocycles. The van der Waals surface area contributed by atoms with Gasteiger partial charge in [-0.15, -0.1) is 0 Å². The van der Waals surface area contributed by atoms with Gasteiger partial charge in [0, 0.05) is 32.4 Å². The third-order valence-electron chi connectivity index (χ3n) is 14.4. The van der Waals surface area contributed by atoms with Crippen molar-refractivity contribution in [3.05, 3.63) is 29.8 Å². The van der Waals surface area contributed by atoms with Crippen molar-refractivity contribution in [1.29, 1.82) is 0 Å². The van der Waals surface area contributed by atoms with E-state index in [1.54, 1.807) is 0 Å². The summed E-state index contributed by atoms with van der Waals surface area (Å²) in [5, 5.41) is 98.9. The third kappa shape index (κ3) is 17.4. The van der Waals surface area contributed by atoms with Crippen LogP contribution in [0.3, 0.4) is 0 Å². The summed E-state index contributed by atoms with van der Waals surface area (Å²) in [5.74, 6) is -6.41. The Hall–Kier alpha value is -4.66. The maximum Gasteiger partial charge on any atom is 0.248 e. The van der Waals surface area contributed by atoms with Crippen LogP contribution in [-0.2, 0) is 33.6 Å². The highest BCUT2D eigenvalue weighted by Crippen LogP contribution is 2.27. The van der Waals surface area contributed by atoms with Crippen LogP contribution in [-0.4, -0.2) is 190 Å². The molecule has 3 saturated heterocycles. The maximum atomic E-state index is 14.4. The molecule has 4 rings (SSSR count). The highest BCUT2D eigenvalue weighted by molar-refractivity contribution is 7.81. The van der Waals surface area contributed by atoms with Crippen molar-refractivity contribution < 1.29 is 74.4 Å². The number of nitrogens with one attached hydrogen (secondary N) is 5. The Labute approximate surface area is 438 Å². The monoisotopic (exact) mass is 1070 g/mol. The standard InChI is InChI=1S/C50H82N8O15S/c1-5-26(2)22-27(3)12-10-8-6-7-9-11-13-37(65)52-32-24-36(64)48(74)56-47(71)41-35(63)19-21-57(41)50(73)39(34(62)18-20-51)54-46(70)40(43(67)42(66)29-14-16-30(60)17-15-29)55-45(69)33-23-31(61)25-58(33)49(72)38(28(4)59)53-44(32)68/h14-17,26-28,31-36,38-43,48,59-64,66-67,74H,5-13,18-25,51H2,1-4H3,(H,52,65)(H,53,68)(H,54,70)(H,55,69)(H,56,71)/t26-,27+,28+,31+,32?,33-,34+,35-,36+,38-,39-,40-,41-,42-,43-,48?/m0/s1. The Balaban J connectivity index is 1.68. The number of rotatable bonds is 20. The van der Waals surface area contributed by atoms with E-state index in [1.807, 2.05) is 0 Å². The molecule has 0 spiro atoms. The summed E-state index contributed by atoms with van der Waals surface area (Å²) in [7, 11) is 0. The van der Waals surface area contributed by atoms with Gasteiger partial charge in [0.25, 0.3) is 0 Å². The first kappa shape index (κ1) is 61.9. The first-order chi connectivity index (χ1) is 35.0. The quantitative estimate of drug-likeness (QED) is 0.0500. The van der Waals surface area contributed by atoms with Crippen molar-refractivity contribution in [1.82, 2.24) is 36.4 Å². The summed E-state index contributed by atoms with van der Waals surface area (Å²) in [6.45, 7) is 6.83. The van der Waals surface area contributed by atoms with E-state index in [2.05, 4.69) is 60.0 Å². The second-order valence-electron chi connectivity index (χ2n) is 20.5. The Morgan fingerprint density at radius 1 is 0.743 bits per heavy atom. The summed E-state index contributed by atoms with van der Waals surface area (Å²) in [6, 6.07) is -6.31. The molecule has 15 N–H and O–H groups in total. The van der Waals surface area contributed by atoms with Gasteiger partial charge in [-0.3, -0.25) is 33.6 Å². The molecule has 3 fully saturated rings. The number of nitrogens with two attached hydrogens (primary N) is 1. The van der Waals surface area contributed by atoms with E-state index >= 15 is 0 Å². The fraction of sp³-hybridized carbons (Fsp3) is 0.740. The van der Waals surface area contributed by atoms with Crippen LogP contribution in [0.5, 0.6) is 5.75 Å². The van der Waals surface area contributed by atoms with Gasteiger partial charge < -0.3 is 83.0 Å². The van der Waals surface area contributed by atoms with Crippen LogP contribution in [0, 0.1) is 11.8 Å². The molecule has 1 aromatic carbocycles. The van der Waals surface area contributed by atoms with Gasteiger partial charge in [-0.05, 0) is 68.7 Å². The minimum Gasteiger partial charge on any atom is -0.508 e. The number of nitrogens with zero attached hydrogens (tertiary/aromatic N) is 2. The number of phenolic OH excluding ortho intramolecular Hbond substituents is 1. The number of benzene rings is 1. The zero-order valence-corrected chi connectivity index (χ0v) is 43.8. The van der Waals surface area contributed by atoms with E-state index in [9.17, 15) is 74.4 Å². The number of amides is 7. The molecule has 7 amide bonds. The number of unbranched alkanes of at least 4 members (excludes halogenated alkanes) is 5. The summed E-state index contributed by atoms with van der Waals surface area (Å²) in [5.41, 5.74) is 5.66. The molecule has 16 atom stereocenters. The SMILES string of the molecule is CC[C@H](C)C[C@H](C)CCCCCCCCC(=O)NC1C[C@@H](O)C(S)NC(=O)[C@@H]2[C@@H](O)CCN2C(=O)[C@H]([C@H](O)CCN)NC(=O)[C@H]([C@H](O)[C@@H](O)c2ccc(O)cc2)NC(=O)[C@@H]2C[C@@H](O)CN2C(=O)[C@H]([C@@H](C)O)NC1=O. The highest BCUT2D eigenvalue weighted by Gasteiger charge is 2.48. The lowest BCUT2D eigenvalue weighted by Gasteiger charge is -2.34. The summed E-state index contributed by atoms with van der Waals surface area (Å²) < 4.78 is 0. The molecule has 74 heavy (non-hydrogen) atoms. The van der Waals surface area contributed by atoms with E-state index in [1.165, 1.54) is 30.7 Å². The number of hydrogen-bond acceptors (Lipinski definition) is 17. The topological polar surface area (TPSA) is 374 Å². The Bertz CT molecular complexity index is 2020. The van der Waals surface area contributed by atoms with Crippen molar-refractivity contribution >= 4 is 54.0 Å². The van der Waals surface area contributed by atoms with Gasteiger partial charge in [-0.2, -0.15) is 12.6 Å². The van der Waals surface area contributed by atoms with Crippen molar-refractivity contribution in [2.75, 3.05) is 19.6 Å². The smallest absolute Gasteiger partial charge is 0.248 e. The molecule has 24 heteroatoms. The van der Waals surface area contributed by atoms with E-state index in [4.69, 9.17) is 5.73 Å². The van der Waals surface area contributed by atoms with Gasteiger partial charge in [-0.25, -0.2) is 0 Å². The average Bonchev–Trinajstić information content (AvgIpc) is 3.95. The molecular weight excluding hydrogens is 985 g/mol. The van der Waals surface area contributed by atoms with Crippen LogP contribution >= 0.6 is 12.6 Å². The highest BCUT2D eigenvalue weighted by atomic mass is 32.1. The molecule has 1 aromatic rings. The van der Waals surface area contributed by atoms with Crippen molar-refractivity contribution in [3.8, 4) is 5.75 Å². The van der Waals surface area contributed by atoms with Crippen LogP contribution in [0.15, 0.2) is 24.3 Å². The Morgan fingerprint density at radius 2 is 1.35 bits per heavy atom. The lowest BCUT2D eigenvalue weighted by atomic mass is 9.91. The summed E-state index contributed by atoms with van der Waals surface area (Å²) in [6.07, 6.45) is -5.28. The fourth-order valence-corrected chi connectivity index (χ4v) is 10.1. The first-order valence-corrected chi connectivity index (χ1v) is 26.6. The minimum absolute atomic E-state index is 0.0164. The second kappa shape index (κ2) is 29.6. The number of phenols is 1. The molecule has 23 nitrogen and oxygen atoms in total. The van der Waals surface area contributed by atoms with Crippen LogP contribution in [0.4, 0.5) is 0 Å². The number of thiol groups is 1. The Kier molecular flexibility index (Phi) is 24.7. The van der Waals surface area contributed by atoms with Gasteiger partial charge in [0.05, 0.1) is 35.9 Å². The largest absolute Gasteiger partial charge is 0.508 e. The van der Waals surface area contributed by atoms with Crippen LogP contribution < -0.4 is 32.3 Å². The van der Waals surface area contributed by atoms with E-state index in [0.717, 1.165) is 61.7 Å². The molecular formula is C50H82N8O15S. The number of aromatic hydroxyl groups is 1. The van der Waals surface area contributed by atoms with Gasteiger partial charge >= 0.3 is 0 Å². The zero-order chi connectivity index (χ0) is 55.0.